The second kappa shape index (κ2) is 9.84. The summed E-state index contributed by atoms with van der Waals surface area (Å²) < 4.78 is 0. The lowest BCUT2D eigenvalue weighted by Crippen LogP contribution is -2.48. The Labute approximate surface area is 179 Å². The number of nitrogens with two attached hydrogens (primary N) is 1. The summed E-state index contributed by atoms with van der Waals surface area (Å²) in [5, 5.41) is 4.69. The highest BCUT2D eigenvalue weighted by molar-refractivity contribution is 7.12. The number of primary amides is 1. The molecule has 0 saturated heterocycles. The van der Waals surface area contributed by atoms with Crippen molar-refractivity contribution in [2.24, 2.45) is 5.73 Å². The lowest BCUT2D eigenvalue weighted by atomic mass is 10.0. The molecular weight excluding hydrogens is 398 g/mol. The van der Waals surface area contributed by atoms with Gasteiger partial charge in [-0.1, -0.05) is 48.5 Å². The molecule has 0 bridgehead atoms. The fourth-order valence-electron chi connectivity index (χ4n) is 3.13. The third kappa shape index (κ3) is 5.55. The third-order valence-corrected chi connectivity index (χ3v) is 5.51. The number of rotatable bonds is 8. The van der Waals surface area contributed by atoms with Gasteiger partial charge in [0, 0.05) is 25.6 Å². The van der Waals surface area contributed by atoms with E-state index in [1.54, 1.807) is 42.3 Å². The average molecular weight is 422 g/mol. The van der Waals surface area contributed by atoms with Crippen molar-refractivity contribution in [1.82, 2.24) is 10.2 Å². The standard InChI is InChI=1S/C23H23N3O3S/c1-26(15-17-9-5-10-18(13-17)21(24)27)23(29)19(14-16-7-3-2-4-8-16)25-22(28)20-11-6-12-30-20/h2-13,19H,14-15H2,1H3,(H2,24,27)(H,25,28). The maximum absolute atomic E-state index is 13.2. The van der Waals surface area contributed by atoms with E-state index in [0.717, 1.165) is 11.1 Å². The lowest BCUT2D eigenvalue weighted by molar-refractivity contribution is -0.132. The van der Waals surface area contributed by atoms with Gasteiger partial charge in [-0.05, 0) is 34.7 Å². The van der Waals surface area contributed by atoms with E-state index >= 15 is 0 Å². The quantitative estimate of drug-likeness (QED) is 0.586. The Balaban J connectivity index is 1.76. The number of carbonyl (C=O) groups is 3. The van der Waals surface area contributed by atoms with Crippen LogP contribution in [-0.4, -0.2) is 35.7 Å². The molecule has 6 nitrogen and oxygen atoms in total. The van der Waals surface area contributed by atoms with Gasteiger partial charge in [-0.15, -0.1) is 11.3 Å². The van der Waals surface area contributed by atoms with Crippen molar-refractivity contribution < 1.29 is 14.4 Å². The van der Waals surface area contributed by atoms with Gasteiger partial charge in [0.2, 0.25) is 11.8 Å². The van der Waals surface area contributed by atoms with E-state index in [1.165, 1.54) is 11.3 Å². The van der Waals surface area contributed by atoms with Crippen LogP contribution >= 0.6 is 11.3 Å². The van der Waals surface area contributed by atoms with Crippen LogP contribution in [0, 0.1) is 0 Å². The number of hydrogen-bond acceptors (Lipinski definition) is 4. The zero-order valence-electron chi connectivity index (χ0n) is 16.6. The van der Waals surface area contributed by atoms with Gasteiger partial charge in [0.15, 0.2) is 0 Å². The van der Waals surface area contributed by atoms with Crippen LogP contribution in [-0.2, 0) is 17.8 Å². The summed E-state index contributed by atoms with van der Waals surface area (Å²) in [6.45, 7) is 0.292. The van der Waals surface area contributed by atoms with E-state index in [4.69, 9.17) is 5.73 Å². The Morgan fingerprint density at radius 3 is 2.40 bits per heavy atom. The van der Waals surface area contributed by atoms with Crippen molar-refractivity contribution in [3.05, 3.63) is 93.7 Å². The smallest absolute Gasteiger partial charge is 0.262 e. The maximum Gasteiger partial charge on any atom is 0.262 e. The van der Waals surface area contributed by atoms with Gasteiger partial charge in [0.1, 0.15) is 6.04 Å². The van der Waals surface area contributed by atoms with Crippen molar-refractivity contribution in [2.45, 2.75) is 19.0 Å². The van der Waals surface area contributed by atoms with E-state index in [9.17, 15) is 14.4 Å². The molecule has 0 saturated carbocycles. The van der Waals surface area contributed by atoms with Crippen LogP contribution in [0.3, 0.4) is 0 Å². The predicted molar refractivity (Wildman–Crippen MR) is 117 cm³/mol. The minimum Gasteiger partial charge on any atom is -0.366 e. The summed E-state index contributed by atoms with van der Waals surface area (Å²) >= 11 is 1.33. The van der Waals surface area contributed by atoms with Crippen molar-refractivity contribution >= 4 is 29.1 Å². The van der Waals surface area contributed by atoms with Crippen LogP contribution < -0.4 is 11.1 Å². The van der Waals surface area contributed by atoms with Crippen LogP contribution in [0.1, 0.15) is 31.2 Å². The minimum atomic E-state index is -0.716. The van der Waals surface area contributed by atoms with E-state index in [0.29, 0.717) is 23.4 Å². The van der Waals surface area contributed by atoms with E-state index in [1.807, 2.05) is 41.8 Å². The summed E-state index contributed by atoms with van der Waals surface area (Å²) in [6.07, 6.45) is 0.377. The highest BCUT2D eigenvalue weighted by Gasteiger charge is 2.25. The van der Waals surface area contributed by atoms with Crippen molar-refractivity contribution in [2.75, 3.05) is 7.05 Å². The first kappa shape index (κ1) is 21.3. The Kier molecular flexibility index (Phi) is 6.98. The van der Waals surface area contributed by atoms with E-state index in [-0.39, 0.29) is 11.8 Å². The second-order valence-electron chi connectivity index (χ2n) is 6.95. The molecule has 1 heterocycles. The van der Waals surface area contributed by atoms with Crippen LogP contribution in [0.2, 0.25) is 0 Å². The first-order valence-electron chi connectivity index (χ1n) is 9.46. The number of benzene rings is 2. The SMILES string of the molecule is CN(Cc1cccc(C(N)=O)c1)C(=O)C(Cc1ccccc1)NC(=O)c1cccs1. The van der Waals surface area contributed by atoms with Gasteiger partial charge in [-0.25, -0.2) is 0 Å². The molecule has 154 valence electrons. The van der Waals surface area contributed by atoms with Gasteiger partial charge < -0.3 is 16.0 Å². The van der Waals surface area contributed by atoms with Gasteiger partial charge >= 0.3 is 0 Å². The highest BCUT2D eigenvalue weighted by atomic mass is 32.1. The number of amides is 3. The van der Waals surface area contributed by atoms with E-state index < -0.39 is 11.9 Å². The van der Waals surface area contributed by atoms with Gasteiger partial charge in [-0.3, -0.25) is 14.4 Å². The Bertz CT molecular complexity index is 1020. The molecule has 2 aromatic carbocycles. The number of carbonyl (C=O) groups excluding carboxylic acids is 3. The fraction of sp³-hybridized carbons (Fsp3) is 0.174. The molecule has 3 rings (SSSR count). The van der Waals surface area contributed by atoms with Crippen LogP contribution in [0.5, 0.6) is 0 Å². The van der Waals surface area contributed by atoms with Crippen LogP contribution in [0.4, 0.5) is 0 Å². The molecule has 0 aliphatic carbocycles. The van der Waals surface area contributed by atoms with Crippen LogP contribution in [0.15, 0.2) is 72.1 Å². The molecule has 0 fully saturated rings. The lowest BCUT2D eigenvalue weighted by Gasteiger charge is -2.25. The van der Waals surface area contributed by atoms with Gasteiger partial charge in [0.25, 0.3) is 5.91 Å². The highest BCUT2D eigenvalue weighted by Crippen LogP contribution is 2.13. The number of hydrogen-bond donors (Lipinski definition) is 2. The van der Waals surface area contributed by atoms with Crippen LogP contribution in [0.25, 0.3) is 0 Å². The summed E-state index contributed by atoms with van der Waals surface area (Å²) in [5.41, 5.74) is 7.46. The molecule has 30 heavy (non-hydrogen) atoms. The topological polar surface area (TPSA) is 92.5 Å². The molecule has 7 heteroatoms. The number of nitrogens with one attached hydrogen (secondary N) is 1. The molecule has 3 aromatic rings. The summed E-state index contributed by atoms with van der Waals surface area (Å²) in [7, 11) is 1.68. The molecule has 1 atom stereocenters. The fourth-order valence-corrected chi connectivity index (χ4v) is 3.75. The summed E-state index contributed by atoms with van der Waals surface area (Å²) in [4.78, 5) is 39.3. The van der Waals surface area contributed by atoms with Gasteiger partial charge in [0.05, 0.1) is 4.88 Å². The van der Waals surface area contributed by atoms with Crippen molar-refractivity contribution in [3.63, 3.8) is 0 Å². The first-order chi connectivity index (χ1) is 14.4. The van der Waals surface area contributed by atoms with Crippen molar-refractivity contribution in [1.29, 1.82) is 0 Å². The number of likely N-dealkylation sites (N-methyl/N-ethyl adjacent to an activating group) is 1. The molecule has 0 spiro atoms. The second-order valence-corrected chi connectivity index (χ2v) is 7.90. The molecule has 0 aliphatic rings. The molecule has 3 amide bonds. The minimum absolute atomic E-state index is 0.215. The molecule has 0 radical (unpaired) electrons. The Morgan fingerprint density at radius 2 is 1.73 bits per heavy atom. The normalized spacial score (nSPS) is 11.5. The zero-order chi connectivity index (χ0) is 21.5. The molecule has 1 aromatic heterocycles. The summed E-state index contributed by atoms with van der Waals surface area (Å²) in [5.74, 6) is -1.01. The van der Waals surface area contributed by atoms with Gasteiger partial charge in [-0.2, -0.15) is 0 Å². The molecule has 1 unspecified atom stereocenters. The zero-order valence-corrected chi connectivity index (χ0v) is 17.4. The predicted octanol–water partition coefficient (Wildman–Crippen LogP) is 2.85. The third-order valence-electron chi connectivity index (χ3n) is 4.64. The largest absolute Gasteiger partial charge is 0.366 e. The molecule has 0 aliphatic heterocycles. The average Bonchev–Trinajstić information content (AvgIpc) is 3.28. The van der Waals surface area contributed by atoms with Crippen molar-refractivity contribution in [3.8, 4) is 0 Å². The summed E-state index contributed by atoms with van der Waals surface area (Å²) in [6, 6.07) is 19.2. The Morgan fingerprint density at radius 1 is 1.00 bits per heavy atom. The monoisotopic (exact) mass is 421 g/mol. The number of nitrogens with zero attached hydrogens (tertiary/aromatic N) is 1. The number of thiophene rings is 1. The van der Waals surface area contributed by atoms with E-state index in [2.05, 4.69) is 5.32 Å². The maximum atomic E-state index is 13.2. The molecule has 3 N–H and O–H groups in total. The molecular formula is C23H23N3O3S. The Hall–Kier alpha value is -3.45. The first-order valence-corrected chi connectivity index (χ1v) is 10.3.